The highest BCUT2D eigenvalue weighted by Crippen LogP contribution is 2.31. The first-order valence-corrected chi connectivity index (χ1v) is 9.66. The quantitative estimate of drug-likeness (QED) is 0.668. The number of benzene rings is 3. The number of nitrogens with zero attached hydrogens (tertiary/aromatic N) is 2. The summed E-state index contributed by atoms with van der Waals surface area (Å²) in [7, 11) is 0. The summed E-state index contributed by atoms with van der Waals surface area (Å²) in [6.07, 6.45) is 0. The maximum absolute atomic E-state index is 12.6. The van der Waals surface area contributed by atoms with E-state index in [1.165, 1.54) is 4.90 Å². The molecule has 3 aromatic rings. The molecule has 154 valence electrons. The first-order chi connectivity index (χ1) is 15.1. The van der Waals surface area contributed by atoms with Crippen molar-refractivity contribution < 1.29 is 19.1 Å². The highest BCUT2D eigenvalue weighted by Gasteiger charge is 2.26. The number of para-hydroxylation sites is 2. The average Bonchev–Trinajstić information content (AvgIpc) is 2.80. The molecule has 0 atom stereocenters. The molecule has 0 unspecified atom stereocenters. The van der Waals surface area contributed by atoms with Crippen LogP contribution in [0.2, 0.25) is 0 Å². The van der Waals surface area contributed by atoms with Crippen molar-refractivity contribution in [2.24, 2.45) is 0 Å². The van der Waals surface area contributed by atoms with Gasteiger partial charge in [-0.2, -0.15) is 5.26 Å². The third kappa shape index (κ3) is 4.82. The lowest BCUT2D eigenvalue weighted by Gasteiger charge is -2.28. The summed E-state index contributed by atoms with van der Waals surface area (Å²) in [4.78, 5) is 26.2. The van der Waals surface area contributed by atoms with Gasteiger partial charge in [0.1, 0.15) is 24.7 Å². The van der Waals surface area contributed by atoms with Crippen LogP contribution in [0.15, 0.2) is 72.8 Å². The number of carbonyl (C=O) groups is 2. The second-order valence-corrected chi connectivity index (χ2v) is 6.91. The second kappa shape index (κ2) is 9.01. The molecule has 1 heterocycles. The molecule has 1 aliphatic heterocycles. The Labute approximate surface area is 179 Å². The van der Waals surface area contributed by atoms with E-state index in [0.29, 0.717) is 35.0 Å². The lowest BCUT2D eigenvalue weighted by molar-refractivity contribution is -0.123. The van der Waals surface area contributed by atoms with Crippen molar-refractivity contribution in [2.75, 3.05) is 23.4 Å². The van der Waals surface area contributed by atoms with Gasteiger partial charge in [-0.3, -0.25) is 14.5 Å². The molecule has 0 fully saturated rings. The highest BCUT2D eigenvalue weighted by molar-refractivity contribution is 6.05. The molecule has 1 aliphatic rings. The van der Waals surface area contributed by atoms with Gasteiger partial charge in [0.05, 0.1) is 17.3 Å². The van der Waals surface area contributed by atoms with E-state index in [0.717, 1.165) is 5.56 Å². The van der Waals surface area contributed by atoms with Crippen molar-refractivity contribution in [2.45, 2.75) is 6.61 Å². The second-order valence-electron chi connectivity index (χ2n) is 6.91. The number of carbonyl (C=O) groups excluding carboxylic acids is 2. The predicted molar refractivity (Wildman–Crippen MR) is 115 cm³/mol. The molecule has 0 saturated heterocycles. The summed E-state index contributed by atoms with van der Waals surface area (Å²) in [6, 6.07) is 23.4. The van der Waals surface area contributed by atoms with Crippen LogP contribution in [0.3, 0.4) is 0 Å². The molecule has 4 rings (SSSR count). The Hall–Kier alpha value is -4.31. The van der Waals surface area contributed by atoms with E-state index in [-0.39, 0.29) is 25.0 Å². The molecule has 3 aromatic carbocycles. The minimum absolute atomic E-state index is 0.0966. The van der Waals surface area contributed by atoms with Gasteiger partial charge < -0.3 is 14.8 Å². The molecule has 7 heteroatoms. The van der Waals surface area contributed by atoms with Crippen LogP contribution >= 0.6 is 0 Å². The summed E-state index contributed by atoms with van der Waals surface area (Å²) in [5.41, 5.74) is 2.58. The Morgan fingerprint density at radius 1 is 1.10 bits per heavy atom. The van der Waals surface area contributed by atoms with Crippen LogP contribution in [0.25, 0.3) is 0 Å². The highest BCUT2D eigenvalue weighted by atomic mass is 16.5. The lowest BCUT2D eigenvalue weighted by Crippen LogP contribution is -2.43. The fourth-order valence-electron chi connectivity index (χ4n) is 3.23. The van der Waals surface area contributed by atoms with Crippen LogP contribution in [0, 0.1) is 11.3 Å². The van der Waals surface area contributed by atoms with Crippen molar-refractivity contribution in [3.8, 4) is 17.6 Å². The van der Waals surface area contributed by atoms with Crippen LogP contribution in [0.4, 0.5) is 11.4 Å². The smallest absolute Gasteiger partial charge is 0.265 e. The summed E-state index contributed by atoms with van der Waals surface area (Å²) < 4.78 is 11.2. The standard InChI is InChI=1S/C24H19N3O4/c25-13-17-5-3-6-18(11-17)15-30-20-8-4-7-19(12-20)26-23(28)14-27-21-9-1-2-10-22(21)31-16-24(27)29/h1-12H,14-16H2,(H,26,28). The first kappa shape index (κ1) is 20.0. The third-order valence-corrected chi connectivity index (χ3v) is 4.69. The zero-order valence-corrected chi connectivity index (χ0v) is 16.6. The molecular weight excluding hydrogens is 394 g/mol. The number of ether oxygens (including phenoxy) is 2. The number of nitrogens with one attached hydrogen (secondary N) is 1. The zero-order chi connectivity index (χ0) is 21.6. The normalized spacial score (nSPS) is 12.4. The van der Waals surface area contributed by atoms with Crippen molar-refractivity contribution in [3.63, 3.8) is 0 Å². The Balaban J connectivity index is 1.39. The molecule has 2 amide bonds. The van der Waals surface area contributed by atoms with E-state index >= 15 is 0 Å². The van der Waals surface area contributed by atoms with Gasteiger partial charge in [-0.1, -0.05) is 30.3 Å². The van der Waals surface area contributed by atoms with Crippen LogP contribution in [0.1, 0.15) is 11.1 Å². The van der Waals surface area contributed by atoms with E-state index in [1.807, 2.05) is 12.1 Å². The monoisotopic (exact) mass is 413 g/mol. The summed E-state index contributed by atoms with van der Waals surface area (Å²) in [5, 5.41) is 11.8. The number of hydrogen-bond donors (Lipinski definition) is 1. The zero-order valence-electron chi connectivity index (χ0n) is 16.6. The van der Waals surface area contributed by atoms with E-state index in [2.05, 4.69) is 11.4 Å². The summed E-state index contributed by atoms with van der Waals surface area (Å²) in [6.45, 7) is 0.0812. The van der Waals surface area contributed by atoms with E-state index in [9.17, 15) is 9.59 Å². The Kier molecular flexibility index (Phi) is 5.81. The maximum atomic E-state index is 12.6. The number of hydrogen-bond acceptors (Lipinski definition) is 5. The molecule has 0 bridgehead atoms. The molecule has 0 saturated carbocycles. The van der Waals surface area contributed by atoms with E-state index in [1.54, 1.807) is 60.7 Å². The largest absolute Gasteiger partial charge is 0.489 e. The van der Waals surface area contributed by atoms with Crippen molar-refractivity contribution >= 4 is 23.2 Å². The predicted octanol–water partition coefficient (Wildman–Crippen LogP) is 3.50. The van der Waals surface area contributed by atoms with Crippen LogP contribution < -0.4 is 19.7 Å². The molecule has 0 aromatic heterocycles. The molecule has 0 spiro atoms. The minimum atomic E-state index is -0.330. The van der Waals surface area contributed by atoms with Gasteiger partial charge in [0, 0.05) is 11.8 Å². The topological polar surface area (TPSA) is 91.7 Å². The first-order valence-electron chi connectivity index (χ1n) is 9.66. The van der Waals surface area contributed by atoms with Gasteiger partial charge in [0.25, 0.3) is 5.91 Å². The third-order valence-electron chi connectivity index (χ3n) is 4.69. The van der Waals surface area contributed by atoms with Crippen molar-refractivity contribution in [1.29, 1.82) is 5.26 Å². The van der Waals surface area contributed by atoms with Crippen LogP contribution in [-0.4, -0.2) is 25.0 Å². The average molecular weight is 413 g/mol. The van der Waals surface area contributed by atoms with Crippen molar-refractivity contribution in [3.05, 3.63) is 83.9 Å². The lowest BCUT2D eigenvalue weighted by atomic mass is 10.1. The van der Waals surface area contributed by atoms with Crippen LogP contribution in [0.5, 0.6) is 11.5 Å². The summed E-state index contributed by atoms with van der Waals surface area (Å²) in [5.74, 6) is 0.549. The molecule has 31 heavy (non-hydrogen) atoms. The van der Waals surface area contributed by atoms with Gasteiger partial charge in [-0.05, 0) is 42.0 Å². The Morgan fingerprint density at radius 3 is 2.81 bits per heavy atom. The fourth-order valence-corrected chi connectivity index (χ4v) is 3.23. The van der Waals surface area contributed by atoms with E-state index < -0.39 is 0 Å². The van der Waals surface area contributed by atoms with Gasteiger partial charge in [0.15, 0.2) is 6.61 Å². The molecule has 0 aliphatic carbocycles. The minimum Gasteiger partial charge on any atom is -0.489 e. The number of rotatable bonds is 6. The number of amides is 2. The maximum Gasteiger partial charge on any atom is 0.265 e. The van der Waals surface area contributed by atoms with Crippen LogP contribution in [-0.2, 0) is 16.2 Å². The Bertz CT molecular complexity index is 1170. The molecule has 1 N–H and O–H groups in total. The SMILES string of the molecule is N#Cc1cccc(COc2cccc(NC(=O)CN3C(=O)COc4ccccc43)c2)c1. The van der Waals surface area contributed by atoms with Gasteiger partial charge in [-0.25, -0.2) is 0 Å². The summed E-state index contributed by atoms with van der Waals surface area (Å²) >= 11 is 0. The van der Waals surface area contributed by atoms with E-state index in [4.69, 9.17) is 14.7 Å². The van der Waals surface area contributed by atoms with Gasteiger partial charge >= 0.3 is 0 Å². The van der Waals surface area contributed by atoms with Crippen molar-refractivity contribution in [1.82, 2.24) is 0 Å². The Morgan fingerprint density at radius 2 is 1.94 bits per heavy atom. The molecule has 0 radical (unpaired) electrons. The molecular formula is C24H19N3O4. The van der Waals surface area contributed by atoms with Gasteiger partial charge in [0.2, 0.25) is 5.91 Å². The number of anilines is 2. The van der Waals surface area contributed by atoms with Gasteiger partial charge in [-0.15, -0.1) is 0 Å². The molecule has 7 nitrogen and oxygen atoms in total. The number of nitriles is 1. The fraction of sp³-hybridized carbons (Fsp3) is 0.125. The number of fused-ring (bicyclic) bond motifs is 1.